The van der Waals surface area contributed by atoms with Gasteiger partial charge < -0.3 is 10.2 Å². The maximum atomic E-state index is 12.3. The lowest BCUT2D eigenvalue weighted by atomic mass is 10.3. The molecule has 20 heavy (non-hydrogen) atoms. The minimum Gasteiger partial charge on any atom is -0.314 e. The number of nitrogens with one attached hydrogen (secondary N) is 1. The van der Waals surface area contributed by atoms with E-state index in [2.05, 4.69) is 24.1 Å². The van der Waals surface area contributed by atoms with Crippen LogP contribution >= 0.6 is 0 Å². The lowest BCUT2D eigenvalue weighted by molar-refractivity contribution is 0.182. The molecule has 2 fully saturated rings. The summed E-state index contributed by atoms with van der Waals surface area (Å²) in [4.78, 5) is 2.42. The molecule has 0 aromatic rings. The fourth-order valence-corrected chi connectivity index (χ4v) is 4.12. The Bertz CT molecular complexity index is 385. The van der Waals surface area contributed by atoms with Crippen LogP contribution < -0.4 is 5.32 Å². The summed E-state index contributed by atoms with van der Waals surface area (Å²) in [7, 11) is -3.05. The molecule has 1 aliphatic carbocycles. The maximum absolute atomic E-state index is 12.3. The van der Waals surface area contributed by atoms with Crippen molar-refractivity contribution in [3.63, 3.8) is 0 Å². The predicted molar refractivity (Wildman–Crippen MR) is 82.3 cm³/mol. The van der Waals surface area contributed by atoms with Gasteiger partial charge in [-0.05, 0) is 31.7 Å². The summed E-state index contributed by atoms with van der Waals surface area (Å²) in [6, 6.07) is 0.420. The quantitative estimate of drug-likeness (QED) is 0.672. The molecule has 0 radical (unpaired) electrons. The number of nitrogens with zero attached hydrogens (tertiary/aromatic N) is 2. The number of hydrogen-bond donors (Lipinski definition) is 1. The van der Waals surface area contributed by atoms with E-state index in [1.54, 1.807) is 4.31 Å². The third kappa shape index (κ3) is 5.31. The Balaban J connectivity index is 1.67. The van der Waals surface area contributed by atoms with Crippen LogP contribution in [0.5, 0.6) is 0 Å². The average molecular weight is 303 g/mol. The van der Waals surface area contributed by atoms with Crippen LogP contribution in [0, 0.1) is 5.92 Å². The summed E-state index contributed by atoms with van der Waals surface area (Å²) in [6.45, 7) is 9.26. The first kappa shape index (κ1) is 16.2. The maximum Gasteiger partial charge on any atom is 0.214 e. The first-order valence-electron chi connectivity index (χ1n) is 7.91. The Hall–Kier alpha value is -0.170. The average Bonchev–Trinajstić information content (AvgIpc) is 3.19. The molecule has 1 aliphatic heterocycles. The molecule has 1 saturated carbocycles. The van der Waals surface area contributed by atoms with Crippen LogP contribution in [0.3, 0.4) is 0 Å². The van der Waals surface area contributed by atoms with E-state index in [9.17, 15) is 8.42 Å². The second-order valence-electron chi connectivity index (χ2n) is 6.42. The van der Waals surface area contributed by atoms with Crippen molar-refractivity contribution >= 4 is 10.0 Å². The molecule has 0 aromatic heterocycles. The second-order valence-corrected chi connectivity index (χ2v) is 8.51. The van der Waals surface area contributed by atoms with Crippen LogP contribution in [-0.2, 0) is 10.0 Å². The first-order chi connectivity index (χ1) is 9.47. The van der Waals surface area contributed by atoms with Gasteiger partial charge in [-0.2, -0.15) is 4.31 Å². The molecule has 2 rings (SSSR count). The minimum absolute atomic E-state index is 0.273. The van der Waals surface area contributed by atoms with Crippen molar-refractivity contribution in [1.29, 1.82) is 0 Å². The van der Waals surface area contributed by atoms with Gasteiger partial charge in [0.1, 0.15) is 0 Å². The van der Waals surface area contributed by atoms with Crippen molar-refractivity contribution in [2.24, 2.45) is 5.92 Å². The van der Waals surface area contributed by atoms with Crippen molar-refractivity contribution < 1.29 is 8.42 Å². The summed E-state index contributed by atoms with van der Waals surface area (Å²) in [5.74, 6) is 1.16. The zero-order chi connectivity index (χ0) is 14.6. The SMILES string of the molecule is CC(C)NCCCS(=O)(=O)N1CCN(CC2CC2)CC1. The third-order valence-electron chi connectivity index (χ3n) is 4.07. The van der Waals surface area contributed by atoms with E-state index in [4.69, 9.17) is 0 Å². The standard InChI is InChI=1S/C14H29N3O2S/c1-13(2)15-6-3-11-20(18,19)17-9-7-16(8-10-17)12-14-4-5-14/h13-15H,3-12H2,1-2H3. The van der Waals surface area contributed by atoms with Crippen LogP contribution in [0.25, 0.3) is 0 Å². The molecule has 0 amide bonds. The van der Waals surface area contributed by atoms with E-state index in [0.29, 0.717) is 25.6 Å². The smallest absolute Gasteiger partial charge is 0.214 e. The van der Waals surface area contributed by atoms with Gasteiger partial charge in [-0.25, -0.2) is 8.42 Å². The van der Waals surface area contributed by atoms with Crippen LogP contribution in [-0.4, -0.2) is 68.7 Å². The van der Waals surface area contributed by atoms with Gasteiger partial charge in [-0.3, -0.25) is 0 Å². The molecule has 0 unspecified atom stereocenters. The lowest BCUT2D eigenvalue weighted by Gasteiger charge is -2.34. The summed E-state index contributed by atoms with van der Waals surface area (Å²) in [6.07, 6.45) is 3.42. The molecule has 6 heteroatoms. The first-order valence-corrected chi connectivity index (χ1v) is 9.52. The Morgan fingerprint density at radius 2 is 1.80 bits per heavy atom. The number of rotatable bonds is 8. The van der Waals surface area contributed by atoms with Gasteiger partial charge in [0.2, 0.25) is 10.0 Å². The largest absolute Gasteiger partial charge is 0.314 e. The molecular weight excluding hydrogens is 274 g/mol. The molecule has 0 bridgehead atoms. The van der Waals surface area contributed by atoms with Crippen molar-refractivity contribution in [3.05, 3.63) is 0 Å². The Labute approximate surface area is 123 Å². The number of piperazine rings is 1. The molecule has 5 nitrogen and oxygen atoms in total. The molecule has 0 aromatic carbocycles. The Kier molecular flexibility index (Phi) is 5.84. The summed E-state index contributed by atoms with van der Waals surface area (Å²) < 4.78 is 26.2. The van der Waals surface area contributed by atoms with Crippen LogP contribution in [0.2, 0.25) is 0 Å². The van der Waals surface area contributed by atoms with Crippen LogP contribution in [0.4, 0.5) is 0 Å². The summed E-state index contributed by atoms with van der Waals surface area (Å²) >= 11 is 0. The predicted octanol–water partition coefficient (Wildman–Crippen LogP) is 0.732. The van der Waals surface area contributed by atoms with E-state index in [1.165, 1.54) is 19.4 Å². The molecule has 0 atom stereocenters. The Morgan fingerprint density at radius 3 is 2.35 bits per heavy atom. The third-order valence-corrected chi connectivity index (χ3v) is 6.03. The fourth-order valence-electron chi connectivity index (χ4n) is 2.63. The van der Waals surface area contributed by atoms with E-state index in [1.807, 2.05) is 0 Å². The molecule has 1 saturated heterocycles. The minimum atomic E-state index is -3.05. The highest BCUT2D eigenvalue weighted by Gasteiger charge is 2.29. The van der Waals surface area contributed by atoms with Crippen molar-refractivity contribution in [2.75, 3.05) is 45.0 Å². The summed E-state index contributed by atoms with van der Waals surface area (Å²) in [5, 5.41) is 3.27. The van der Waals surface area contributed by atoms with Gasteiger partial charge in [0, 0.05) is 38.8 Å². The highest BCUT2D eigenvalue weighted by Crippen LogP contribution is 2.30. The monoisotopic (exact) mass is 303 g/mol. The number of sulfonamides is 1. The summed E-state index contributed by atoms with van der Waals surface area (Å²) in [5.41, 5.74) is 0. The normalized spacial score (nSPS) is 22.6. The van der Waals surface area contributed by atoms with Crippen molar-refractivity contribution in [3.8, 4) is 0 Å². The van der Waals surface area contributed by atoms with E-state index < -0.39 is 10.0 Å². The zero-order valence-electron chi connectivity index (χ0n) is 12.8. The highest BCUT2D eigenvalue weighted by atomic mass is 32.2. The van der Waals surface area contributed by atoms with Crippen LogP contribution in [0.1, 0.15) is 33.1 Å². The molecule has 0 spiro atoms. The van der Waals surface area contributed by atoms with Gasteiger partial charge in [-0.15, -0.1) is 0 Å². The molecule has 118 valence electrons. The highest BCUT2D eigenvalue weighted by molar-refractivity contribution is 7.89. The second kappa shape index (κ2) is 7.20. The van der Waals surface area contributed by atoms with Gasteiger partial charge in [0.05, 0.1) is 5.75 Å². The molecule has 1 heterocycles. The van der Waals surface area contributed by atoms with E-state index in [-0.39, 0.29) is 5.75 Å². The van der Waals surface area contributed by atoms with Gasteiger partial charge in [0.15, 0.2) is 0 Å². The van der Waals surface area contributed by atoms with Gasteiger partial charge in [0.25, 0.3) is 0 Å². The van der Waals surface area contributed by atoms with Crippen molar-refractivity contribution in [2.45, 2.75) is 39.2 Å². The van der Waals surface area contributed by atoms with Crippen molar-refractivity contribution in [1.82, 2.24) is 14.5 Å². The lowest BCUT2D eigenvalue weighted by Crippen LogP contribution is -2.49. The Morgan fingerprint density at radius 1 is 1.15 bits per heavy atom. The molecule has 1 N–H and O–H groups in total. The van der Waals surface area contributed by atoms with E-state index in [0.717, 1.165) is 25.6 Å². The number of hydrogen-bond acceptors (Lipinski definition) is 4. The molecule has 2 aliphatic rings. The zero-order valence-corrected chi connectivity index (χ0v) is 13.7. The van der Waals surface area contributed by atoms with Gasteiger partial charge in [-0.1, -0.05) is 13.8 Å². The van der Waals surface area contributed by atoms with Crippen LogP contribution in [0.15, 0.2) is 0 Å². The van der Waals surface area contributed by atoms with E-state index >= 15 is 0 Å². The molecular formula is C14H29N3O2S. The van der Waals surface area contributed by atoms with Gasteiger partial charge >= 0.3 is 0 Å². The fraction of sp³-hybridized carbons (Fsp3) is 1.00. The topological polar surface area (TPSA) is 52.7 Å².